The lowest BCUT2D eigenvalue weighted by Crippen LogP contribution is -2.45. The van der Waals surface area contributed by atoms with E-state index in [1.165, 1.54) is 0 Å². The van der Waals surface area contributed by atoms with Crippen LogP contribution in [0.4, 0.5) is 4.39 Å². The largest absolute Gasteiger partial charge is 0.352 e. The predicted octanol–water partition coefficient (Wildman–Crippen LogP) is -0.176. The van der Waals surface area contributed by atoms with Crippen LogP contribution in [0, 0.1) is 0 Å². The molecule has 64 valence electrons. The van der Waals surface area contributed by atoms with Crippen LogP contribution >= 0.6 is 0 Å². The van der Waals surface area contributed by atoms with Gasteiger partial charge in [-0.05, 0) is 19.9 Å². The van der Waals surface area contributed by atoms with Crippen molar-refractivity contribution >= 4 is 5.91 Å². The van der Waals surface area contributed by atoms with Gasteiger partial charge < -0.3 is 10.6 Å². The van der Waals surface area contributed by atoms with Crippen molar-refractivity contribution in [2.24, 2.45) is 0 Å². The van der Waals surface area contributed by atoms with Gasteiger partial charge in [-0.1, -0.05) is 0 Å². The van der Waals surface area contributed by atoms with E-state index in [1.54, 1.807) is 7.05 Å². The van der Waals surface area contributed by atoms with Crippen molar-refractivity contribution in [1.82, 2.24) is 10.6 Å². The lowest BCUT2D eigenvalue weighted by Gasteiger charge is -2.12. The van der Waals surface area contributed by atoms with E-state index < -0.39 is 6.67 Å². The van der Waals surface area contributed by atoms with Crippen LogP contribution in [0.2, 0.25) is 0 Å². The molecule has 0 aromatic rings. The molecule has 3 nitrogen and oxygen atoms in total. The average molecular weight is 160 g/mol. The molecule has 1 aliphatic carbocycles. The van der Waals surface area contributed by atoms with Crippen molar-refractivity contribution in [3.05, 3.63) is 0 Å². The topological polar surface area (TPSA) is 41.1 Å². The molecule has 0 unspecified atom stereocenters. The third-order valence-corrected chi connectivity index (χ3v) is 2.04. The number of halogens is 1. The summed E-state index contributed by atoms with van der Waals surface area (Å²) in [6.45, 7) is -0.367. The van der Waals surface area contributed by atoms with E-state index in [0.29, 0.717) is 0 Å². The molecular weight excluding hydrogens is 147 g/mol. The van der Waals surface area contributed by atoms with Gasteiger partial charge in [-0.2, -0.15) is 0 Å². The zero-order valence-electron chi connectivity index (χ0n) is 6.61. The van der Waals surface area contributed by atoms with Gasteiger partial charge in [-0.25, -0.2) is 4.39 Å². The SMILES string of the molecule is CNC1(C(=O)NCCF)CC1. The Morgan fingerprint density at radius 1 is 1.64 bits per heavy atom. The highest BCUT2D eigenvalue weighted by molar-refractivity contribution is 5.89. The molecule has 1 saturated carbocycles. The first kappa shape index (κ1) is 8.46. The molecule has 0 saturated heterocycles. The molecule has 1 amide bonds. The molecule has 0 atom stereocenters. The molecule has 1 rings (SSSR count). The lowest BCUT2D eigenvalue weighted by atomic mass is 10.2. The first-order valence-electron chi connectivity index (χ1n) is 3.78. The Hall–Kier alpha value is -0.640. The van der Waals surface area contributed by atoms with Gasteiger partial charge >= 0.3 is 0 Å². The summed E-state index contributed by atoms with van der Waals surface area (Å²) in [5.41, 5.74) is -0.366. The number of alkyl halides is 1. The summed E-state index contributed by atoms with van der Waals surface area (Å²) in [7, 11) is 1.75. The monoisotopic (exact) mass is 160 g/mol. The second-order valence-electron chi connectivity index (χ2n) is 2.78. The van der Waals surface area contributed by atoms with Crippen LogP contribution in [-0.2, 0) is 4.79 Å². The van der Waals surface area contributed by atoms with Gasteiger partial charge in [0.2, 0.25) is 5.91 Å². The average Bonchev–Trinajstić information content (AvgIpc) is 2.80. The second kappa shape index (κ2) is 3.17. The molecule has 1 aliphatic rings. The maximum Gasteiger partial charge on any atom is 0.240 e. The fraction of sp³-hybridized carbons (Fsp3) is 0.857. The Bertz CT molecular complexity index is 157. The van der Waals surface area contributed by atoms with Gasteiger partial charge in [0, 0.05) is 6.54 Å². The number of rotatable bonds is 4. The fourth-order valence-corrected chi connectivity index (χ4v) is 1.05. The van der Waals surface area contributed by atoms with Gasteiger partial charge in [0.25, 0.3) is 0 Å². The molecular formula is C7H13FN2O. The number of hydrogen-bond donors (Lipinski definition) is 2. The molecule has 1 fully saturated rings. The Morgan fingerprint density at radius 2 is 2.27 bits per heavy atom. The van der Waals surface area contributed by atoms with E-state index in [9.17, 15) is 9.18 Å². The highest BCUT2D eigenvalue weighted by atomic mass is 19.1. The predicted molar refractivity (Wildman–Crippen MR) is 40.0 cm³/mol. The van der Waals surface area contributed by atoms with E-state index in [4.69, 9.17) is 0 Å². The highest BCUT2D eigenvalue weighted by Gasteiger charge is 2.48. The molecule has 4 heteroatoms. The van der Waals surface area contributed by atoms with Crippen molar-refractivity contribution in [2.45, 2.75) is 18.4 Å². The third-order valence-electron chi connectivity index (χ3n) is 2.04. The maximum absolute atomic E-state index is 11.6. The molecule has 0 spiro atoms. The van der Waals surface area contributed by atoms with Crippen molar-refractivity contribution in [2.75, 3.05) is 20.3 Å². The van der Waals surface area contributed by atoms with Crippen LogP contribution in [0.5, 0.6) is 0 Å². The van der Waals surface area contributed by atoms with Crippen molar-refractivity contribution < 1.29 is 9.18 Å². The number of likely N-dealkylation sites (N-methyl/N-ethyl adjacent to an activating group) is 1. The first-order valence-corrected chi connectivity index (χ1v) is 3.78. The molecule has 0 aliphatic heterocycles. The number of amides is 1. The molecule has 0 aromatic carbocycles. The van der Waals surface area contributed by atoms with E-state index >= 15 is 0 Å². The molecule has 0 aromatic heterocycles. The Morgan fingerprint density at radius 3 is 2.64 bits per heavy atom. The minimum atomic E-state index is -0.495. The number of nitrogens with one attached hydrogen (secondary N) is 2. The summed E-state index contributed by atoms with van der Waals surface area (Å²) in [6, 6.07) is 0. The molecule has 0 heterocycles. The maximum atomic E-state index is 11.6. The zero-order valence-corrected chi connectivity index (χ0v) is 6.61. The van der Waals surface area contributed by atoms with Gasteiger partial charge in [-0.3, -0.25) is 4.79 Å². The van der Waals surface area contributed by atoms with Crippen LogP contribution in [0.15, 0.2) is 0 Å². The molecule has 0 bridgehead atoms. The summed E-state index contributed by atoms with van der Waals surface area (Å²) in [5.74, 6) is -0.0716. The zero-order chi connectivity index (χ0) is 8.32. The Labute approximate surface area is 65.3 Å². The minimum absolute atomic E-state index is 0.0716. The van der Waals surface area contributed by atoms with Crippen molar-refractivity contribution in [1.29, 1.82) is 0 Å². The van der Waals surface area contributed by atoms with E-state index in [-0.39, 0.29) is 18.0 Å². The summed E-state index contributed by atoms with van der Waals surface area (Å²) >= 11 is 0. The summed E-state index contributed by atoms with van der Waals surface area (Å²) < 4.78 is 11.6. The summed E-state index contributed by atoms with van der Waals surface area (Å²) in [4.78, 5) is 11.2. The Kier molecular flexibility index (Phi) is 2.44. The smallest absolute Gasteiger partial charge is 0.240 e. The number of carbonyl (C=O) groups is 1. The van der Waals surface area contributed by atoms with Gasteiger partial charge in [0.15, 0.2) is 0 Å². The van der Waals surface area contributed by atoms with E-state index in [1.807, 2.05) is 0 Å². The van der Waals surface area contributed by atoms with E-state index in [2.05, 4.69) is 10.6 Å². The van der Waals surface area contributed by atoms with Crippen molar-refractivity contribution in [3.8, 4) is 0 Å². The second-order valence-corrected chi connectivity index (χ2v) is 2.78. The minimum Gasteiger partial charge on any atom is -0.352 e. The Balaban J connectivity index is 2.29. The van der Waals surface area contributed by atoms with Crippen LogP contribution in [0.1, 0.15) is 12.8 Å². The normalized spacial score (nSPS) is 19.5. The van der Waals surface area contributed by atoms with Gasteiger partial charge in [0.05, 0.1) is 5.54 Å². The van der Waals surface area contributed by atoms with Crippen molar-refractivity contribution in [3.63, 3.8) is 0 Å². The van der Waals surface area contributed by atoms with E-state index in [0.717, 1.165) is 12.8 Å². The number of carbonyl (C=O) groups excluding carboxylic acids is 1. The van der Waals surface area contributed by atoms with Crippen LogP contribution in [0.25, 0.3) is 0 Å². The quantitative estimate of drug-likeness (QED) is 0.599. The lowest BCUT2D eigenvalue weighted by molar-refractivity contribution is -0.124. The summed E-state index contributed by atoms with van der Waals surface area (Å²) in [6.07, 6.45) is 1.73. The van der Waals surface area contributed by atoms with Gasteiger partial charge in [0.1, 0.15) is 6.67 Å². The highest BCUT2D eigenvalue weighted by Crippen LogP contribution is 2.34. The molecule has 11 heavy (non-hydrogen) atoms. The van der Waals surface area contributed by atoms with Crippen LogP contribution < -0.4 is 10.6 Å². The summed E-state index contributed by atoms with van der Waals surface area (Å²) in [5, 5.41) is 5.44. The third kappa shape index (κ3) is 1.68. The molecule has 2 N–H and O–H groups in total. The van der Waals surface area contributed by atoms with Gasteiger partial charge in [-0.15, -0.1) is 0 Å². The van der Waals surface area contributed by atoms with Crippen LogP contribution in [-0.4, -0.2) is 31.7 Å². The first-order chi connectivity index (χ1) is 5.25. The number of hydrogen-bond acceptors (Lipinski definition) is 2. The van der Waals surface area contributed by atoms with Crippen LogP contribution in [0.3, 0.4) is 0 Å². The fourth-order valence-electron chi connectivity index (χ4n) is 1.05. The standard InChI is InChI=1S/C7H13FN2O/c1-9-7(2-3-7)6(11)10-5-4-8/h9H,2-5H2,1H3,(H,10,11). The molecule has 0 radical (unpaired) electrons.